The molecule has 0 saturated carbocycles. The standard InChI is InChI=1S/C16H21N3O3/c1-19(2)13-7-5-12(6-8-13)10-17-16(21)18-11-14(20)15-4-3-9-22-15/h3-9,14,20H,10-11H2,1-2H3,(H2,17,18,21). The number of hydrogen-bond acceptors (Lipinski definition) is 4. The molecule has 6 nitrogen and oxygen atoms in total. The minimum absolute atomic E-state index is 0.0961. The molecule has 118 valence electrons. The SMILES string of the molecule is CN(C)c1ccc(CNC(=O)NCC(O)c2ccco2)cc1. The number of rotatable bonds is 6. The van der Waals surface area contributed by atoms with Crippen LogP contribution in [0.1, 0.15) is 17.4 Å². The smallest absolute Gasteiger partial charge is 0.315 e. The molecule has 0 fully saturated rings. The first-order valence-corrected chi connectivity index (χ1v) is 7.05. The summed E-state index contributed by atoms with van der Waals surface area (Å²) in [6, 6.07) is 10.9. The van der Waals surface area contributed by atoms with Crippen LogP contribution in [-0.2, 0) is 6.54 Å². The summed E-state index contributed by atoms with van der Waals surface area (Å²) >= 11 is 0. The summed E-state index contributed by atoms with van der Waals surface area (Å²) < 4.78 is 5.06. The Hall–Kier alpha value is -2.47. The number of anilines is 1. The van der Waals surface area contributed by atoms with E-state index >= 15 is 0 Å². The fourth-order valence-electron chi connectivity index (χ4n) is 1.93. The van der Waals surface area contributed by atoms with Crippen molar-refractivity contribution in [2.75, 3.05) is 25.5 Å². The van der Waals surface area contributed by atoms with Crippen LogP contribution in [0.4, 0.5) is 10.5 Å². The molecule has 0 aliphatic rings. The van der Waals surface area contributed by atoms with Crippen LogP contribution in [0.5, 0.6) is 0 Å². The van der Waals surface area contributed by atoms with Crippen LogP contribution in [0.15, 0.2) is 47.1 Å². The average molecular weight is 303 g/mol. The first-order chi connectivity index (χ1) is 10.6. The van der Waals surface area contributed by atoms with Crippen molar-refractivity contribution in [2.45, 2.75) is 12.6 Å². The van der Waals surface area contributed by atoms with Crippen LogP contribution in [0.2, 0.25) is 0 Å². The molecule has 1 aromatic heterocycles. The number of urea groups is 1. The largest absolute Gasteiger partial charge is 0.467 e. The highest BCUT2D eigenvalue weighted by Gasteiger charge is 2.11. The van der Waals surface area contributed by atoms with Crippen LogP contribution in [-0.4, -0.2) is 31.8 Å². The maximum absolute atomic E-state index is 11.7. The zero-order valence-electron chi connectivity index (χ0n) is 12.7. The van der Waals surface area contributed by atoms with Crippen LogP contribution in [0, 0.1) is 0 Å². The Morgan fingerprint density at radius 1 is 1.23 bits per heavy atom. The second-order valence-electron chi connectivity index (χ2n) is 5.16. The van der Waals surface area contributed by atoms with Gasteiger partial charge in [-0.15, -0.1) is 0 Å². The Kier molecular flexibility index (Phi) is 5.43. The van der Waals surface area contributed by atoms with Crippen molar-refractivity contribution < 1.29 is 14.3 Å². The second kappa shape index (κ2) is 7.51. The normalized spacial score (nSPS) is 11.8. The molecular formula is C16H21N3O3. The molecule has 2 amide bonds. The van der Waals surface area contributed by atoms with E-state index in [9.17, 15) is 9.90 Å². The maximum Gasteiger partial charge on any atom is 0.315 e. The van der Waals surface area contributed by atoms with E-state index in [4.69, 9.17) is 4.42 Å². The van der Waals surface area contributed by atoms with Gasteiger partial charge in [0, 0.05) is 26.3 Å². The lowest BCUT2D eigenvalue weighted by molar-refractivity contribution is 0.148. The van der Waals surface area contributed by atoms with Crippen molar-refractivity contribution >= 4 is 11.7 Å². The van der Waals surface area contributed by atoms with E-state index in [0.29, 0.717) is 12.3 Å². The molecule has 0 aliphatic carbocycles. The Balaban J connectivity index is 1.73. The summed E-state index contributed by atoms with van der Waals surface area (Å²) in [5, 5.41) is 15.1. The van der Waals surface area contributed by atoms with Gasteiger partial charge in [-0.25, -0.2) is 4.79 Å². The highest BCUT2D eigenvalue weighted by molar-refractivity contribution is 5.73. The van der Waals surface area contributed by atoms with Gasteiger partial charge in [0.1, 0.15) is 11.9 Å². The molecule has 22 heavy (non-hydrogen) atoms. The predicted octanol–water partition coefficient (Wildman–Crippen LogP) is 1.88. The van der Waals surface area contributed by atoms with E-state index in [1.54, 1.807) is 12.1 Å². The first-order valence-electron chi connectivity index (χ1n) is 7.05. The summed E-state index contributed by atoms with van der Waals surface area (Å²) in [4.78, 5) is 13.7. The quantitative estimate of drug-likeness (QED) is 0.761. The van der Waals surface area contributed by atoms with E-state index in [1.165, 1.54) is 6.26 Å². The Morgan fingerprint density at radius 3 is 2.55 bits per heavy atom. The van der Waals surface area contributed by atoms with Crippen LogP contribution < -0.4 is 15.5 Å². The van der Waals surface area contributed by atoms with E-state index in [1.807, 2.05) is 43.3 Å². The first kappa shape index (κ1) is 15.9. The third-order valence-electron chi connectivity index (χ3n) is 3.23. The topological polar surface area (TPSA) is 77.7 Å². The molecule has 2 rings (SSSR count). The summed E-state index contributed by atoms with van der Waals surface area (Å²) in [7, 11) is 3.95. The zero-order chi connectivity index (χ0) is 15.9. The third-order valence-corrected chi connectivity index (χ3v) is 3.23. The molecule has 0 bridgehead atoms. The fourth-order valence-corrected chi connectivity index (χ4v) is 1.93. The highest BCUT2D eigenvalue weighted by atomic mass is 16.4. The summed E-state index contributed by atoms with van der Waals surface area (Å²) in [5.74, 6) is 0.430. The summed E-state index contributed by atoms with van der Waals surface area (Å²) in [5.41, 5.74) is 2.11. The van der Waals surface area contributed by atoms with Gasteiger partial charge in [-0.2, -0.15) is 0 Å². The molecule has 6 heteroatoms. The van der Waals surface area contributed by atoms with Crippen molar-refractivity contribution in [2.24, 2.45) is 0 Å². The molecule has 0 aliphatic heterocycles. The van der Waals surface area contributed by atoms with Crippen LogP contribution >= 0.6 is 0 Å². The number of aliphatic hydroxyl groups is 1. The van der Waals surface area contributed by atoms with Crippen molar-refractivity contribution in [3.05, 3.63) is 54.0 Å². The van der Waals surface area contributed by atoms with Gasteiger partial charge in [0.15, 0.2) is 0 Å². The number of carbonyl (C=O) groups excluding carboxylic acids is 1. The number of amides is 2. The van der Waals surface area contributed by atoms with Gasteiger partial charge in [0.25, 0.3) is 0 Å². The third kappa shape index (κ3) is 4.53. The lowest BCUT2D eigenvalue weighted by Crippen LogP contribution is -2.37. The van der Waals surface area contributed by atoms with Crippen LogP contribution in [0.25, 0.3) is 0 Å². The van der Waals surface area contributed by atoms with E-state index in [-0.39, 0.29) is 12.6 Å². The van der Waals surface area contributed by atoms with Gasteiger partial charge in [0.2, 0.25) is 0 Å². The Bertz CT molecular complexity index is 579. The average Bonchev–Trinajstić information content (AvgIpc) is 3.05. The number of hydrogen-bond donors (Lipinski definition) is 3. The van der Waals surface area contributed by atoms with Gasteiger partial charge in [-0.05, 0) is 29.8 Å². The summed E-state index contributed by atoms with van der Waals surface area (Å²) in [6.45, 7) is 0.523. The number of nitrogens with zero attached hydrogens (tertiary/aromatic N) is 1. The van der Waals surface area contributed by atoms with Gasteiger partial charge in [0.05, 0.1) is 12.8 Å². The fraction of sp³-hybridized carbons (Fsp3) is 0.312. The Labute approximate surface area is 129 Å². The molecule has 2 aromatic rings. The van der Waals surface area contributed by atoms with Gasteiger partial charge in [-0.3, -0.25) is 0 Å². The molecule has 0 radical (unpaired) electrons. The lowest BCUT2D eigenvalue weighted by atomic mass is 10.2. The molecule has 1 aromatic carbocycles. The zero-order valence-corrected chi connectivity index (χ0v) is 12.7. The van der Waals surface area contributed by atoms with Crippen LogP contribution in [0.3, 0.4) is 0 Å². The van der Waals surface area contributed by atoms with Gasteiger partial charge >= 0.3 is 6.03 Å². The minimum atomic E-state index is -0.847. The number of furan rings is 1. The molecule has 3 N–H and O–H groups in total. The molecule has 1 heterocycles. The van der Waals surface area contributed by atoms with Gasteiger partial charge in [-0.1, -0.05) is 12.1 Å². The van der Waals surface area contributed by atoms with E-state index < -0.39 is 6.10 Å². The highest BCUT2D eigenvalue weighted by Crippen LogP contribution is 2.12. The summed E-state index contributed by atoms with van der Waals surface area (Å²) in [6.07, 6.45) is 0.635. The van der Waals surface area contributed by atoms with Crippen molar-refractivity contribution in [3.63, 3.8) is 0 Å². The predicted molar refractivity (Wildman–Crippen MR) is 84.7 cm³/mol. The molecule has 0 spiro atoms. The lowest BCUT2D eigenvalue weighted by Gasteiger charge is -2.13. The minimum Gasteiger partial charge on any atom is -0.467 e. The molecule has 1 atom stereocenters. The number of aliphatic hydroxyl groups excluding tert-OH is 1. The monoisotopic (exact) mass is 303 g/mol. The molecular weight excluding hydrogens is 282 g/mol. The van der Waals surface area contributed by atoms with Crippen molar-refractivity contribution in [1.29, 1.82) is 0 Å². The number of nitrogens with one attached hydrogen (secondary N) is 2. The molecule has 0 saturated heterocycles. The van der Waals surface area contributed by atoms with Crippen molar-refractivity contribution in [1.82, 2.24) is 10.6 Å². The maximum atomic E-state index is 11.7. The Morgan fingerprint density at radius 2 is 1.95 bits per heavy atom. The van der Waals surface area contributed by atoms with Crippen molar-refractivity contribution in [3.8, 4) is 0 Å². The van der Waals surface area contributed by atoms with Gasteiger partial charge < -0.3 is 25.1 Å². The van der Waals surface area contributed by atoms with E-state index in [0.717, 1.165) is 11.3 Å². The number of carbonyl (C=O) groups is 1. The molecule has 1 unspecified atom stereocenters. The number of benzene rings is 1. The second-order valence-corrected chi connectivity index (χ2v) is 5.16. The van der Waals surface area contributed by atoms with E-state index in [2.05, 4.69) is 10.6 Å².